The molecule has 11 heteroatoms. The molecule has 162 valence electrons. The first-order valence-electron chi connectivity index (χ1n) is 8.67. The van der Waals surface area contributed by atoms with Gasteiger partial charge in [-0.3, -0.25) is 4.99 Å². The van der Waals surface area contributed by atoms with Crippen LogP contribution in [-0.4, -0.2) is 44.4 Å². The van der Waals surface area contributed by atoms with Gasteiger partial charge in [0.1, 0.15) is 15.8 Å². The Morgan fingerprint density at radius 1 is 1.31 bits per heavy atom. The van der Waals surface area contributed by atoms with Crippen molar-refractivity contribution >= 4 is 51.1 Å². The van der Waals surface area contributed by atoms with Crippen molar-refractivity contribution in [1.82, 2.24) is 10.6 Å². The van der Waals surface area contributed by atoms with Crippen molar-refractivity contribution in [1.29, 1.82) is 0 Å². The van der Waals surface area contributed by atoms with E-state index in [-0.39, 0.29) is 46.3 Å². The lowest BCUT2D eigenvalue weighted by Gasteiger charge is -2.19. The molecule has 0 aliphatic carbocycles. The normalized spacial score (nSPS) is 14.0. The summed E-state index contributed by atoms with van der Waals surface area (Å²) in [7, 11) is -3.58. The third-order valence-corrected chi connectivity index (χ3v) is 7.08. The van der Waals surface area contributed by atoms with E-state index in [2.05, 4.69) is 15.6 Å². The van der Waals surface area contributed by atoms with Gasteiger partial charge in [0.2, 0.25) is 0 Å². The summed E-state index contributed by atoms with van der Waals surface area (Å²) in [4.78, 5) is 4.18. The quantitative estimate of drug-likeness (QED) is 0.263. The highest BCUT2D eigenvalue weighted by atomic mass is 127. The Kier molecular flexibility index (Phi) is 10.4. The maximum Gasteiger partial charge on any atom is 0.191 e. The number of nitrogens with one attached hydrogen (secondary N) is 2. The van der Waals surface area contributed by atoms with Crippen LogP contribution < -0.4 is 10.6 Å². The van der Waals surface area contributed by atoms with Gasteiger partial charge in [-0.05, 0) is 31.4 Å². The summed E-state index contributed by atoms with van der Waals surface area (Å²) in [6, 6.07) is 5.90. The molecule has 0 saturated carbocycles. The number of hydrogen-bond donors (Lipinski definition) is 3. The summed E-state index contributed by atoms with van der Waals surface area (Å²) in [5.41, 5.74) is 0.257. The first kappa shape index (κ1) is 25.7. The first-order valence-corrected chi connectivity index (χ1v) is 11.2. The molecule has 1 heterocycles. The number of aliphatic hydroxyl groups excluding tert-OH is 1. The summed E-state index contributed by atoms with van der Waals surface area (Å²) in [5.74, 6) is -1.51. The second-order valence-corrected chi connectivity index (χ2v) is 9.33. The Bertz CT molecular complexity index is 909. The van der Waals surface area contributed by atoms with Gasteiger partial charge in [0.25, 0.3) is 0 Å². The molecule has 2 unspecified atom stereocenters. The molecule has 0 saturated heterocycles. The fourth-order valence-corrected chi connectivity index (χ4v) is 4.95. The number of thiophene rings is 1. The van der Waals surface area contributed by atoms with Gasteiger partial charge in [-0.25, -0.2) is 17.2 Å². The average molecular weight is 559 g/mol. The molecule has 3 N–H and O–H groups in total. The van der Waals surface area contributed by atoms with Gasteiger partial charge in [-0.1, -0.05) is 12.1 Å². The van der Waals surface area contributed by atoms with E-state index < -0.39 is 39.4 Å². The molecular weight excluding hydrogens is 535 g/mol. The Morgan fingerprint density at radius 2 is 2.03 bits per heavy atom. The highest BCUT2D eigenvalue weighted by Gasteiger charge is 2.21. The smallest absolute Gasteiger partial charge is 0.191 e. The highest BCUT2D eigenvalue weighted by molar-refractivity contribution is 14.0. The van der Waals surface area contributed by atoms with Crippen LogP contribution in [0.3, 0.4) is 0 Å². The molecular formula is C18H24F2IN3O3S2. The number of guanidine groups is 1. The Balaban J connectivity index is 0.00000420. The third-order valence-electron chi connectivity index (χ3n) is 3.80. The van der Waals surface area contributed by atoms with Crippen LogP contribution in [0.2, 0.25) is 0 Å². The Labute approximate surface area is 190 Å². The van der Waals surface area contributed by atoms with Crippen molar-refractivity contribution in [2.75, 3.05) is 18.8 Å². The molecule has 0 radical (unpaired) electrons. The van der Waals surface area contributed by atoms with Gasteiger partial charge >= 0.3 is 0 Å². The summed E-state index contributed by atoms with van der Waals surface area (Å²) in [6.07, 6.45) is -1.19. The lowest BCUT2D eigenvalue weighted by molar-refractivity contribution is 0.206. The van der Waals surface area contributed by atoms with Crippen molar-refractivity contribution in [3.63, 3.8) is 0 Å². The van der Waals surface area contributed by atoms with E-state index in [4.69, 9.17) is 0 Å². The van der Waals surface area contributed by atoms with Gasteiger partial charge in [-0.15, -0.1) is 35.3 Å². The number of nitrogens with zero attached hydrogens (tertiary/aromatic N) is 1. The molecule has 6 nitrogen and oxygen atoms in total. The maximum absolute atomic E-state index is 13.9. The second-order valence-electron chi connectivity index (χ2n) is 6.12. The predicted octanol–water partition coefficient (Wildman–Crippen LogP) is 3.10. The molecule has 29 heavy (non-hydrogen) atoms. The van der Waals surface area contributed by atoms with Crippen LogP contribution in [-0.2, 0) is 9.84 Å². The molecule has 2 rings (SSSR count). The van der Waals surface area contributed by atoms with Crippen LogP contribution >= 0.6 is 35.3 Å². The minimum Gasteiger partial charge on any atom is -0.390 e. The van der Waals surface area contributed by atoms with E-state index in [1.165, 1.54) is 18.2 Å². The number of rotatable bonds is 8. The van der Waals surface area contributed by atoms with E-state index in [9.17, 15) is 22.3 Å². The first-order chi connectivity index (χ1) is 13.2. The number of halogens is 3. The summed E-state index contributed by atoms with van der Waals surface area (Å²) in [5, 5.41) is 17.6. The lowest BCUT2D eigenvalue weighted by atomic mass is 10.1. The van der Waals surface area contributed by atoms with Crippen molar-refractivity contribution in [2.24, 2.45) is 4.99 Å². The van der Waals surface area contributed by atoms with Gasteiger partial charge in [0.05, 0.1) is 24.4 Å². The SMILES string of the molecule is CCNC(=NCC(O)CS(=O)(=O)c1cccs1)NC(C)c1ccc(F)cc1F.I. The van der Waals surface area contributed by atoms with Gasteiger partial charge < -0.3 is 15.7 Å². The van der Waals surface area contributed by atoms with Gasteiger partial charge in [0, 0.05) is 18.2 Å². The van der Waals surface area contributed by atoms with Crippen LogP contribution in [0, 0.1) is 11.6 Å². The number of aliphatic hydroxyl groups is 1. The summed E-state index contributed by atoms with van der Waals surface area (Å²) in [6.45, 7) is 3.87. The number of aliphatic imine (C=N–C) groups is 1. The fourth-order valence-electron chi connectivity index (χ4n) is 2.48. The molecule has 0 aliphatic heterocycles. The zero-order chi connectivity index (χ0) is 20.7. The van der Waals surface area contributed by atoms with Crippen LogP contribution in [0.25, 0.3) is 0 Å². The van der Waals surface area contributed by atoms with E-state index >= 15 is 0 Å². The Morgan fingerprint density at radius 3 is 2.62 bits per heavy atom. The maximum atomic E-state index is 13.9. The molecule has 2 aromatic rings. The topological polar surface area (TPSA) is 90.8 Å². The minimum absolute atomic E-state index is 0. The highest BCUT2D eigenvalue weighted by Crippen LogP contribution is 2.19. The molecule has 0 spiro atoms. The molecule has 2 atom stereocenters. The summed E-state index contributed by atoms with van der Waals surface area (Å²) >= 11 is 1.09. The van der Waals surface area contributed by atoms with Gasteiger partial charge in [0.15, 0.2) is 15.8 Å². The Hall–Kier alpha value is -1.31. The molecule has 0 aliphatic rings. The van der Waals surface area contributed by atoms with E-state index in [1.807, 2.05) is 6.92 Å². The fraction of sp³-hybridized carbons (Fsp3) is 0.389. The lowest BCUT2D eigenvalue weighted by Crippen LogP contribution is -2.39. The molecule has 0 fully saturated rings. The van der Waals surface area contributed by atoms with Crippen molar-refractivity contribution in [3.05, 3.63) is 52.9 Å². The molecule has 1 aromatic carbocycles. The van der Waals surface area contributed by atoms with E-state index in [0.717, 1.165) is 17.4 Å². The monoisotopic (exact) mass is 559 g/mol. The largest absolute Gasteiger partial charge is 0.390 e. The molecule has 0 amide bonds. The van der Waals surface area contributed by atoms with E-state index in [0.29, 0.717) is 6.54 Å². The average Bonchev–Trinajstić information content (AvgIpc) is 3.15. The van der Waals surface area contributed by atoms with Crippen LogP contribution in [0.5, 0.6) is 0 Å². The van der Waals surface area contributed by atoms with E-state index in [1.54, 1.807) is 18.4 Å². The van der Waals surface area contributed by atoms with Crippen LogP contribution in [0.1, 0.15) is 25.5 Å². The zero-order valence-electron chi connectivity index (χ0n) is 15.9. The zero-order valence-corrected chi connectivity index (χ0v) is 19.9. The van der Waals surface area contributed by atoms with Crippen molar-refractivity contribution in [3.8, 4) is 0 Å². The molecule has 1 aromatic heterocycles. The van der Waals surface area contributed by atoms with Crippen LogP contribution in [0.15, 0.2) is 44.9 Å². The number of sulfone groups is 1. The second kappa shape index (κ2) is 11.8. The predicted molar refractivity (Wildman–Crippen MR) is 122 cm³/mol. The number of hydrogen-bond acceptors (Lipinski definition) is 5. The van der Waals surface area contributed by atoms with Crippen LogP contribution in [0.4, 0.5) is 8.78 Å². The minimum atomic E-state index is -3.58. The third kappa shape index (κ3) is 7.79. The van der Waals surface area contributed by atoms with Gasteiger partial charge in [-0.2, -0.15) is 0 Å². The summed E-state index contributed by atoms with van der Waals surface area (Å²) < 4.78 is 51.6. The number of benzene rings is 1. The van der Waals surface area contributed by atoms with Crippen molar-refractivity contribution in [2.45, 2.75) is 30.2 Å². The standard InChI is InChI=1S/C18H23F2N3O3S2.HI/c1-3-21-18(23-12(2)15-7-6-13(19)9-16(15)20)22-10-14(24)11-28(25,26)17-5-4-8-27-17;/h4-9,12,14,24H,3,10-11H2,1-2H3,(H2,21,22,23);1H. The molecule has 0 bridgehead atoms. The van der Waals surface area contributed by atoms with Crippen molar-refractivity contribution < 1.29 is 22.3 Å².